The van der Waals surface area contributed by atoms with Gasteiger partial charge in [-0.3, -0.25) is 14.9 Å². The van der Waals surface area contributed by atoms with Crippen LogP contribution >= 0.6 is 0 Å². The summed E-state index contributed by atoms with van der Waals surface area (Å²) in [6.07, 6.45) is 0. The van der Waals surface area contributed by atoms with Crippen molar-refractivity contribution < 1.29 is 19.2 Å². The van der Waals surface area contributed by atoms with Crippen molar-refractivity contribution in [3.05, 3.63) is 69.3 Å². The van der Waals surface area contributed by atoms with E-state index in [0.717, 1.165) is 17.2 Å². The van der Waals surface area contributed by atoms with E-state index in [4.69, 9.17) is 4.74 Å². The van der Waals surface area contributed by atoms with Crippen LogP contribution in [0.1, 0.15) is 28.4 Å². The highest BCUT2D eigenvalue weighted by Gasteiger charge is 2.18. The van der Waals surface area contributed by atoms with Crippen molar-refractivity contribution in [3.63, 3.8) is 0 Å². The Balaban J connectivity index is 1.90. The molecule has 8 heteroatoms. The third-order valence-corrected chi connectivity index (χ3v) is 3.74. The second kappa shape index (κ2) is 9.33. The molecule has 0 spiro atoms. The average molecular weight is 371 g/mol. The Hall–Kier alpha value is -3.42. The van der Waals surface area contributed by atoms with E-state index in [1.54, 1.807) is 6.92 Å². The molecule has 2 aromatic carbocycles. The first-order chi connectivity index (χ1) is 12.9. The van der Waals surface area contributed by atoms with Gasteiger partial charge in [0.2, 0.25) is 0 Å². The van der Waals surface area contributed by atoms with Gasteiger partial charge in [-0.25, -0.2) is 4.79 Å². The number of benzene rings is 2. The van der Waals surface area contributed by atoms with E-state index in [-0.39, 0.29) is 11.3 Å². The molecule has 27 heavy (non-hydrogen) atoms. The molecule has 0 aliphatic rings. The van der Waals surface area contributed by atoms with Crippen LogP contribution in [-0.4, -0.2) is 30.0 Å². The number of carbonyl (C=O) groups is 2. The minimum absolute atomic E-state index is 0.00897. The molecule has 2 N–H and O–H groups in total. The number of rotatable bonds is 8. The summed E-state index contributed by atoms with van der Waals surface area (Å²) < 4.78 is 4.94. The largest absolute Gasteiger partial charge is 0.452 e. The highest BCUT2D eigenvalue weighted by atomic mass is 16.6. The summed E-state index contributed by atoms with van der Waals surface area (Å²) >= 11 is 0. The number of esters is 1. The number of carbonyl (C=O) groups excluding carboxylic acids is 2. The Morgan fingerprint density at radius 2 is 1.85 bits per heavy atom. The number of aryl methyl sites for hydroxylation is 1. The van der Waals surface area contributed by atoms with Gasteiger partial charge in [0.1, 0.15) is 5.69 Å². The maximum absolute atomic E-state index is 12.1. The Labute approximate surface area is 156 Å². The number of nitro benzene ring substituents is 1. The average Bonchev–Trinajstić information content (AvgIpc) is 2.66. The summed E-state index contributed by atoms with van der Waals surface area (Å²) in [5.74, 6) is -1.26. The van der Waals surface area contributed by atoms with Crippen molar-refractivity contribution in [3.8, 4) is 0 Å². The van der Waals surface area contributed by atoms with E-state index in [2.05, 4.69) is 10.6 Å². The lowest BCUT2D eigenvalue weighted by Gasteiger charge is -2.08. The number of anilines is 1. The Bertz CT molecular complexity index is 834. The zero-order chi connectivity index (χ0) is 19.8. The maximum atomic E-state index is 12.1. The van der Waals surface area contributed by atoms with E-state index in [1.807, 2.05) is 31.2 Å². The standard InChI is InChI=1S/C19H21N3O5/c1-3-20-16-9-8-15(10-17(16)22(25)26)19(24)27-12-18(23)21-11-14-6-4-13(2)5-7-14/h4-10,20H,3,11-12H2,1-2H3,(H,21,23). The van der Waals surface area contributed by atoms with Crippen molar-refractivity contribution in [2.75, 3.05) is 18.5 Å². The molecule has 0 bridgehead atoms. The minimum atomic E-state index is -0.799. The van der Waals surface area contributed by atoms with E-state index in [1.165, 1.54) is 12.1 Å². The molecule has 0 saturated carbocycles. The van der Waals surface area contributed by atoms with Crippen LogP contribution in [0.4, 0.5) is 11.4 Å². The zero-order valence-corrected chi connectivity index (χ0v) is 15.2. The second-order valence-corrected chi connectivity index (χ2v) is 5.86. The Kier molecular flexibility index (Phi) is 6.87. The van der Waals surface area contributed by atoms with Crippen molar-refractivity contribution in [2.45, 2.75) is 20.4 Å². The van der Waals surface area contributed by atoms with Gasteiger partial charge in [0.15, 0.2) is 6.61 Å². The van der Waals surface area contributed by atoms with E-state index < -0.39 is 23.4 Å². The molecule has 0 aromatic heterocycles. The minimum Gasteiger partial charge on any atom is -0.452 e. The normalized spacial score (nSPS) is 10.1. The summed E-state index contributed by atoms with van der Waals surface area (Å²) in [5.41, 5.74) is 2.14. The molecule has 0 unspecified atom stereocenters. The number of hydrogen-bond donors (Lipinski definition) is 2. The van der Waals surface area contributed by atoms with Gasteiger partial charge in [-0.05, 0) is 31.5 Å². The van der Waals surface area contributed by atoms with Crippen LogP contribution in [0.5, 0.6) is 0 Å². The van der Waals surface area contributed by atoms with Crippen LogP contribution in [0.25, 0.3) is 0 Å². The van der Waals surface area contributed by atoms with Crippen molar-refractivity contribution in [1.29, 1.82) is 0 Å². The lowest BCUT2D eigenvalue weighted by atomic mass is 10.1. The number of nitro groups is 1. The lowest BCUT2D eigenvalue weighted by Crippen LogP contribution is -2.28. The molecule has 2 rings (SSSR count). The Morgan fingerprint density at radius 1 is 1.15 bits per heavy atom. The number of nitrogens with zero attached hydrogens (tertiary/aromatic N) is 1. The van der Waals surface area contributed by atoms with Crippen molar-refractivity contribution in [1.82, 2.24) is 5.32 Å². The monoisotopic (exact) mass is 371 g/mol. The molecular weight excluding hydrogens is 350 g/mol. The highest BCUT2D eigenvalue weighted by Crippen LogP contribution is 2.25. The molecular formula is C19H21N3O5. The maximum Gasteiger partial charge on any atom is 0.338 e. The zero-order valence-electron chi connectivity index (χ0n) is 15.2. The molecule has 0 fully saturated rings. The fraction of sp³-hybridized carbons (Fsp3) is 0.263. The first kappa shape index (κ1) is 19.9. The molecule has 0 atom stereocenters. The molecule has 0 aliphatic heterocycles. The summed E-state index contributed by atoms with van der Waals surface area (Å²) in [6.45, 7) is 4.14. The third kappa shape index (κ3) is 5.81. The summed E-state index contributed by atoms with van der Waals surface area (Å²) in [7, 11) is 0. The van der Waals surface area contributed by atoms with Crippen LogP contribution in [0, 0.1) is 17.0 Å². The van der Waals surface area contributed by atoms with E-state index in [9.17, 15) is 19.7 Å². The van der Waals surface area contributed by atoms with Crippen LogP contribution in [-0.2, 0) is 16.1 Å². The van der Waals surface area contributed by atoms with Gasteiger partial charge in [-0.1, -0.05) is 29.8 Å². The highest BCUT2D eigenvalue weighted by molar-refractivity contribution is 5.93. The lowest BCUT2D eigenvalue weighted by molar-refractivity contribution is -0.384. The van der Waals surface area contributed by atoms with Gasteiger partial charge in [0, 0.05) is 19.2 Å². The van der Waals surface area contributed by atoms with Gasteiger partial charge in [0.25, 0.3) is 11.6 Å². The summed E-state index contributed by atoms with van der Waals surface area (Å²) in [5, 5.41) is 16.6. The number of amides is 1. The van der Waals surface area contributed by atoms with Crippen molar-refractivity contribution >= 4 is 23.3 Å². The molecule has 0 aliphatic carbocycles. The van der Waals surface area contributed by atoms with Gasteiger partial charge < -0.3 is 15.4 Å². The molecule has 1 amide bonds. The Morgan fingerprint density at radius 3 is 2.48 bits per heavy atom. The summed E-state index contributed by atoms with van der Waals surface area (Å²) in [4.78, 5) is 34.4. The van der Waals surface area contributed by atoms with E-state index in [0.29, 0.717) is 18.8 Å². The smallest absolute Gasteiger partial charge is 0.338 e. The quantitative estimate of drug-likeness (QED) is 0.419. The van der Waals surface area contributed by atoms with Crippen LogP contribution in [0.15, 0.2) is 42.5 Å². The van der Waals surface area contributed by atoms with Crippen molar-refractivity contribution in [2.24, 2.45) is 0 Å². The van der Waals surface area contributed by atoms with E-state index >= 15 is 0 Å². The SMILES string of the molecule is CCNc1ccc(C(=O)OCC(=O)NCc2ccc(C)cc2)cc1[N+](=O)[O-]. The first-order valence-electron chi connectivity index (χ1n) is 8.42. The molecule has 142 valence electrons. The topological polar surface area (TPSA) is 111 Å². The first-order valence-corrected chi connectivity index (χ1v) is 8.42. The van der Waals surface area contributed by atoms with Crippen LogP contribution < -0.4 is 10.6 Å². The predicted molar refractivity (Wildman–Crippen MR) is 101 cm³/mol. The molecule has 2 aromatic rings. The van der Waals surface area contributed by atoms with Gasteiger partial charge in [-0.15, -0.1) is 0 Å². The number of hydrogen-bond acceptors (Lipinski definition) is 6. The fourth-order valence-electron chi connectivity index (χ4n) is 2.32. The van der Waals surface area contributed by atoms with Crippen LogP contribution in [0.3, 0.4) is 0 Å². The second-order valence-electron chi connectivity index (χ2n) is 5.86. The summed E-state index contributed by atoms with van der Waals surface area (Å²) in [6, 6.07) is 11.6. The van der Waals surface area contributed by atoms with Crippen LogP contribution in [0.2, 0.25) is 0 Å². The number of nitrogens with one attached hydrogen (secondary N) is 2. The number of ether oxygens (including phenoxy) is 1. The van der Waals surface area contributed by atoms with Gasteiger partial charge >= 0.3 is 5.97 Å². The third-order valence-electron chi connectivity index (χ3n) is 3.74. The molecule has 8 nitrogen and oxygen atoms in total. The van der Waals surface area contributed by atoms with Gasteiger partial charge in [0.05, 0.1) is 10.5 Å². The van der Waals surface area contributed by atoms with Gasteiger partial charge in [-0.2, -0.15) is 0 Å². The molecule has 0 saturated heterocycles. The molecule has 0 radical (unpaired) electrons. The molecule has 0 heterocycles. The fourth-order valence-corrected chi connectivity index (χ4v) is 2.32. The predicted octanol–water partition coefficient (Wildman–Crippen LogP) is 2.81.